The molecule has 0 bridgehead atoms. The summed E-state index contributed by atoms with van der Waals surface area (Å²) in [5.74, 6) is 0. The van der Waals surface area contributed by atoms with E-state index in [4.69, 9.17) is 0 Å². The zero-order chi connectivity index (χ0) is 11.2. The number of rotatable bonds is 0. The van der Waals surface area contributed by atoms with Gasteiger partial charge in [0.1, 0.15) is 0 Å². The Bertz CT molecular complexity index is 486. The van der Waals surface area contributed by atoms with Gasteiger partial charge in [-0.3, -0.25) is 0 Å². The number of hydrogen-bond donors (Lipinski definition) is 0. The van der Waals surface area contributed by atoms with Crippen LogP contribution >= 0.6 is 0 Å². The van der Waals surface area contributed by atoms with Gasteiger partial charge in [-0.15, -0.1) is 0 Å². The molecule has 0 saturated heterocycles. The van der Waals surface area contributed by atoms with Gasteiger partial charge in [0.2, 0.25) is 0 Å². The van der Waals surface area contributed by atoms with E-state index in [0.717, 1.165) is 0 Å². The van der Waals surface area contributed by atoms with Crippen LogP contribution in [0, 0.1) is 13.8 Å². The highest BCUT2D eigenvalue weighted by molar-refractivity contribution is 6.75. The molecular weight excluding hydrogens is 196 g/mol. The molecule has 0 nitrogen and oxygen atoms in total. The standard InChI is InChI=1S/C14H18Si/c1-9-6-7-10(2)13-12(9)8-11(3)14(13)15(4)5/h6-8H,1-5H3. The first-order valence-electron chi connectivity index (χ1n) is 5.49. The van der Waals surface area contributed by atoms with Crippen molar-refractivity contribution in [3.05, 3.63) is 40.0 Å². The van der Waals surface area contributed by atoms with Crippen molar-refractivity contribution in [2.24, 2.45) is 0 Å². The lowest BCUT2D eigenvalue weighted by molar-refractivity contribution is 1.37. The van der Waals surface area contributed by atoms with Gasteiger partial charge >= 0.3 is 0 Å². The summed E-state index contributed by atoms with van der Waals surface area (Å²) in [5, 5.41) is 1.64. The minimum absolute atomic E-state index is 0.363. The van der Waals surface area contributed by atoms with Crippen LogP contribution in [0.1, 0.15) is 29.2 Å². The molecule has 2 rings (SSSR count). The van der Waals surface area contributed by atoms with Crippen LogP contribution in [0.2, 0.25) is 13.1 Å². The van der Waals surface area contributed by atoms with Crippen molar-refractivity contribution in [2.75, 3.05) is 0 Å². The van der Waals surface area contributed by atoms with Crippen molar-refractivity contribution in [1.82, 2.24) is 0 Å². The van der Waals surface area contributed by atoms with Gasteiger partial charge in [0, 0.05) is 8.41 Å². The fourth-order valence-electron chi connectivity index (χ4n) is 2.48. The molecule has 0 fully saturated rings. The third kappa shape index (κ3) is 1.55. The molecular formula is C14H18Si. The van der Waals surface area contributed by atoms with E-state index in [1.807, 2.05) is 0 Å². The summed E-state index contributed by atoms with van der Waals surface area (Å²) in [6.45, 7) is 11.5. The second-order valence-electron chi connectivity index (χ2n) is 4.69. The summed E-state index contributed by atoms with van der Waals surface area (Å²) in [5.41, 5.74) is 7.33. The van der Waals surface area contributed by atoms with Crippen molar-refractivity contribution < 1.29 is 0 Å². The Kier molecular flexibility index (Phi) is 2.51. The van der Waals surface area contributed by atoms with Gasteiger partial charge in [-0.25, -0.2) is 0 Å². The van der Waals surface area contributed by atoms with Crippen LogP contribution in [0.3, 0.4) is 0 Å². The van der Waals surface area contributed by atoms with E-state index in [2.05, 4.69) is 52.1 Å². The van der Waals surface area contributed by atoms with Gasteiger partial charge in [-0.2, -0.15) is 0 Å². The largest absolute Gasteiger partial charge is 0.0584 e. The Morgan fingerprint density at radius 3 is 2.13 bits per heavy atom. The molecule has 0 aliphatic heterocycles. The maximum absolute atomic E-state index is 2.38. The van der Waals surface area contributed by atoms with E-state index in [9.17, 15) is 0 Å². The fourth-order valence-corrected chi connectivity index (χ4v) is 4.17. The van der Waals surface area contributed by atoms with Gasteiger partial charge in [0.25, 0.3) is 0 Å². The molecule has 0 spiro atoms. The van der Waals surface area contributed by atoms with Crippen molar-refractivity contribution in [3.63, 3.8) is 0 Å². The fraction of sp³-hybridized carbons (Fsp3) is 0.357. The zero-order valence-corrected chi connectivity index (χ0v) is 11.2. The summed E-state index contributed by atoms with van der Waals surface area (Å²) in [6, 6.07) is 4.49. The van der Waals surface area contributed by atoms with Crippen molar-refractivity contribution in [3.8, 4) is 0 Å². The molecule has 0 aromatic heterocycles. The summed E-state index contributed by atoms with van der Waals surface area (Å²) in [7, 11) is -0.363. The third-order valence-electron chi connectivity index (χ3n) is 3.18. The van der Waals surface area contributed by atoms with Crippen LogP contribution in [0.4, 0.5) is 0 Å². The Morgan fingerprint density at radius 1 is 0.933 bits per heavy atom. The van der Waals surface area contributed by atoms with Crippen molar-refractivity contribution in [2.45, 2.75) is 33.9 Å². The first-order chi connectivity index (χ1) is 7.02. The number of benzene rings is 1. The highest BCUT2D eigenvalue weighted by Gasteiger charge is 2.19. The molecule has 0 radical (unpaired) electrons. The Labute approximate surface area is 93.9 Å². The maximum Gasteiger partial charge on any atom is 0.0140 e. The maximum atomic E-state index is 2.38. The molecule has 0 amide bonds. The third-order valence-corrected chi connectivity index (χ3v) is 4.82. The Balaban J connectivity index is 2.82. The molecule has 0 unspecified atom stereocenters. The average molecular weight is 214 g/mol. The molecule has 15 heavy (non-hydrogen) atoms. The average Bonchev–Trinajstić information content (AvgIpc) is 2.50. The number of allylic oxidation sites excluding steroid dienone is 1. The van der Waals surface area contributed by atoms with Gasteiger partial charge in [-0.05, 0) is 53.8 Å². The molecule has 1 aromatic rings. The normalized spacial score (nSPS) is 13.9. The summed E-state index contributed by atoms with van der Waals surface area (Å²) >= 11 is 0. The molecule has 0 atom stereocenters. The van der Waals surface area contributed by atoms with E-state index in [-0.39, 0.29) is 8.41 Å². The summed E-state index contributed by atoms with van der Waals surface area (Å²) in [6.07, 6.45) is 2.37. The molecule has 0 N–H and O–H groups in total. The topological polar surface area (TPSA) is 0 Å². The molecule has 1 heteroatoms. The Morgan fingerprint density at radius 2 is 1.53 bits per heavy atom. The lowest BCUT2D eigenvalue weighted by Crippen LogP contribution is -2.12. The predicted octanol–water partition coefficient (Wildman–Crippen LogP) is 3.58. The Hall–Kier alpha value is -0.953. The molecule has 78 valence electrons. The van der Waals surface area contributed by atoms with Crippen LogP contribution in [0.15, 0.2) is 17.7 Å². The van der Waals surface area contributed by atoms with Gasteiger partial charge < -0.3 is 0 Å². The molecule has 0 heterocycles. The zero-order valence-electron chi connectivity index (χ0n) is 10.2. The minimum Gasteiger partial charge on any atom is -0.0584 e. The highest BCUT2D eigenvalue weighted by atomic mass is 28.2. The monoisotopic (exact) mass is 214 g/mol. The minimum atomic E-state index is -0.363. The van der Waals surface area contributed by atoms with Crippen LogP contribution in [-0.4, -0.2) is 13.6 Å². The van der Waals surface area contributed by atoms with Gasteiger partial charge in [0.05, 0.1) is 0 Å². The van der Waals surface area contributed by atoms with Crippen LogP contribution in [0.5, 0.6) is 0 Å². The number of fused-ring (bicyclic) bond motifs is 1. The van der Waals surface area contributed by atoms with E-state index in [1.165, 1.54) is 27.8 Å². The quantitative estimate of drug-likeness (QED) is 0.579. The summed E-state index contributed by atoms with van der Waals surface area (Å²) in [4.78, 5) is 0. The number of aryl methyl sites for hydroxylation is 2. The van der Waals surface area contributed by atoms with Crippen LogP contribution in [0.25, 0.3) is 6.08 Å². The van der Waals surface area contributed by atoms with Crippen LogP contribution in [-0.2, 0) is 0 Å². The van der Waals surface area contributed by atoms with Gasteiger partial charge in [0.15, 0.2) is 0 Å². The van der Waals surface area contributed by atoms with Crippen molar-refractivity contribution in [1.29, 1.82) is 0 Å². The summed E-state index contributed by atoms with van der Waals surface area (Å²) < 4.78 is 0. The van der Waals surface area contributed by atoms with E-state index in [1.54, 1.807) is 5.17 Å². The predicted molar refractivity (Wildman–Crippen MR) is 71.2 cm³/mol. The van der Waals surface area contributed by atoms with E-state index >= 15 is 0 Å². The molecule has 1 aliphatic rings. The second-order valence-corrected chi connectivity index (χ2v) is 7.19. The SMILES string of the molecule is CC1=Cc2c(C)ccc(C)c2C1=[Si](C)C. The number of hydrogen-bond acceptors (Lipinski definition) is 0. The highest BCUT2D eigenvalue weighted by Crippen LogP contribution is 2.30. The first kappa shape index (κ1) is 10.6. The molecule has 0 saturated carbocycles. The van der Waals surface area contributed by atoms with E-state index < -0.39 is 0 Å². The van der Waals surface area contributed by atoms with E-state index in [0.29, 0.717) is 0 Å². The first-order valence-corrected chi connectivity index (χ1v) is 7.99. The van der Waals surface area contributed by atoms with Crippen molar-refractivity contribution >= 4 is 19.7 Å². The molecule has 1 aliphatic carbocycles. The second kappa shape index (κ2) is 3.56. The molecule has 1 aromatic carbocycles. The van der Waals surface area contributed by atoms with Gasteiger partial charge in [-0.1, -0.05) is 31.3 Å². The lowest BCUT2D eigenvalue weighted by Gasteiger charge is -2.11. The smallest absolute Gasteiger partial charge is 0.0140 e. The van der Waals surface area contributed by atoms with Crippen LogP contribution < -0.4 is 0 Å². The lowest BCUT2D eigenvalue weighted by atomic mass is 9.99.